The first-order valence-corrected chi connectivity index (χ1v) is 9.03. The molecular formula is C22H28N2O3. The maximum absolute atomic E-state index is 13.2. The van der Waals surface area contributed by atoms with Crippen LogP contribution in [-0.4, -0.2) is 38.1 Å². The van der Waals surface area contributed by atoms with Gasteiger partial charge in [0, 0.05) is 24.2 Å². The van der Waals surface area contributed by atoms with E-state index in [1.165, 1.54) is 0 Å². The summed E-state index contributed by atoms with van der Waals surface area (Å²) in [6.45, 7) is 5.45. The van der Waals surface area contributed by atoms with E-state index in [0.717, 1.165) is 17.5 Å². The summed E-state index contributed by atoms with van der Waals surface area (Å²) in [5, 5.41) is 0. The second kappa shape index (κ2) is 10.4. The van der Waals surface area contributed by atoms with E-state index < -0.39 is 0 Å². The Morgan fingerprint density at radius 2 is 1.93 bits per heavy atom. The first-order chi connectivity index (χ1) is 13.1. The van der Waals surface area contributed by atoms with Crippen LogP contribution in [0, 0.1) is 0 Å². The van der Waals surface area contributed by atoms with Gasteiger partial charge >= 0.3 is 0 Å². The van der Waals surface area contributed by atoms with Gasteiger partial charge in [-0.25, -0.2) is 0 Å². The van der Waals surface area contributed by atoms with E-state index in [1.54, 1.807) is 26.4 Å². The molecule has 0 aliphatic carbocycles. The Morgan fingerprint density at radius 3 is 2.52 bits per heavy atom. The highest BCUT2D eigenvalue weighted by Crippen LogP contribution is 2.33. The molecule has 1 amide bonds. The summed E-state index contributed by atoms with van der Waals surface area (Å²) in [6.07, 6.45) is 3.11. The lowest BCUT2D eigenvalue weighted by molar-refractivity contribution is 0.0741. The van der Waals surface area contributed by atoms with Gasteiger partial charge in [0.05, 0.1) is 14.2 Å². The van der Waals surface area contributed by atoms with Crippen LogP contribution >= 0.6 is 0 Å². The molecular weight excluding hydrogens is 340 g/mol. The average molecular weight is 368 g/mol. The van der Waals surface area contributed by atoms with Crippen molar-refractivity contribution in [2.75, 3.05) is 27.3 Å². The quantitative estimate of drug-likeness (QED) is 0.653. The molecule has 5 heteroatoms. The molecule has 0 saturated carbocycles. The van der Waals surface area contributed by atoms with Gasteiger partial charge < -0.3 is 20.1 Å². The predicted octanol–water partition coefficient (Wildman–Crippen LogP) is 3.42. The molecule has 0 atom stereocenters. The van der Waals surface area contributed by atoms with Crippen LogP contribution < -0.4 is 15.2 Å². The molecule has 2 aromatic rings. The molecule has 144 valence electrons. The number of amides is 1. The van der Waals surface area contributed by atoms with Crippen LogP contribution in [0.25, 0.3) is 0 Å². The number of methoxy groups -OCH3 is 2. The maximum atomic E-state index is 13.2. The molecule has 0 aliphatic heterocycles. The normalized spacial score (nSPS) is 10.3. The Labute approximate surface area is 161 Å². The highest BCUT2D eigenvalue weighted by molar-refractivity contribution is 5.95. The van der Waals surface area contributed by atoms with Crippen LogP contribution in [0.4, 0.5) is 0 Å². The molecule has 0 saturated heterocycles. The van der Waals surface area contributed by atoms with Crippen LogP contribution in [0.1, 0.15) is 27.9 Å². The van der Waals surface area contributed by atoms with Crippen LogP contribution in [0.3, 0.4) is 0 Å². The fraction of sp³-hybridized carbons (Fsp3) is 0.318. The average Bonchev–Trinajstić information content (AvgIpc) is 2.70. The van der Waals surface area contributed by atoms with Gasteiger partial charge in [-0.05, 0) is 37.1 Å². The third-order valence-corrected chi connectivity index (χ3v) is 4.30. The SMILES string of the molecule is C=CCc1cc(C(=O)N(CCCN)Cc2ccccc2)cc(OC)c1OC. The number of carbonyl (C=O) groups excluding carboxylic acids is 1. The van der Waals surface area contributed by atoms with Crippen molar-refractivity contribution in [3.8, 4) is 11.5 Å². The van der Waals surface area contributed by atoms with Gasteiger partial charge in [0.15, 0.2) is 11.5 Å². The molecule has 0 aliphatic rings. The zero-order valence-corrected chi connectivity index (χ0v) is 16.1. The van der Waals surface area contributed by atoms with E-state index in [9.17, 15) is 4.79 Å². The van der Waals surface area contributed by atoms with Gasteiger partial charge in [-0.15, -0.1) is 6.58 Å². The van der Waals surface area contributed by atoms with E-state index in [2.05, 4.69) is 6.58 Å². The predicted molar refractivity (Wildman–Crippen MR) is 108 cm³/mol. The molecule has 2 rings (SSSR count). The van der Waals surface area contributed by atoms with Crippen LogP contribution in [0.15, 0.2) is 55.1 Å². The molecule has 0 unspecified atom stereocenters. The second-order valence-corrected chi connectivity index (χ2v) is 6.22. The maximum Gasteiger partial charge on any atom is 0.254 e. The van der Waals surface area contributed by atoms with Gasteiger partial charge in [-0.2, -0.15) is 0 Å². The summed E-state index contributed by atoms with van der Waals surface area (Å²) < 4.78 is 10.9. The summed E-state index contributed by atoms with van der Waals surface area (Å²) in [5.74, 6) is 1.11. The minimum atomic E-state index is -0.0569. The fourth-order valence-electron chi connectivity index (χ4n) is 2.99. The lowest BCUT2D eigenvalue weighted by atomic mass is 10.0. The topological polar surface area (TPSA) is 64.8 Å². The van der Waals surface area contributed by atoms with Crippen LogP contribution in [0.5, 0.6) is 11.5 Å². The van der Waals surface area contributed by atoms with E-state index >= 15 is 0 Å². The number of allylic oxidation sites excluding steroid dienone is 1. The number of hydrogen-bond acceptors (Lipinski definition) is 4. The van der Waals surface area contributed by atoms with Crippen molar-refractivity contribution in [3.05, 3.63) is 71.8 Å². The fourth-order valence-corrected chi connectivity index (χ4v) is 2.99. The minimum absolute atomic E-state index is 0.0569. The Hall–Kier alpha value is -2.79. The molecule has 5 nitrogen and oxygen atoms in total. The summed E-state index contributed by atoms with van der Waals surface area (Å²) >= 11 is 0. The van der Waals surface area contributed by atoms with E-state index in [0.29, 0.717) is 43.1 Å². The molecule has 0 heterocycles. The third-order valence-electron chi connectivity index (χ3n) is 4.30. The highest BCUT2D eigenvalue weighted by Gasteiger charge is 2.20. The molecule has 0 fully saturated rings. The first kappa shape index (κ1) is 20.5. The number of benzene rings is 2. The molecule has 0 aromatic heterocycles. The standard InChI is InChI=1S/C22H28N2O3/c1-4-9-18-14-19(15-20(26-2)21(18)27-3)22(25)24(13-8-12-23)16-17-10-6-5-7-11-17/h4-7,10-11,14-15H,1,8-9,12-13,16,23H2,2-3H3. The van der Waals surface area contributed by atoms with Crippen molar-refractivity contribution in [2.45, 2.75) is 19.4 Å². The number of nitrogens with zero attached hydrogens (tertiary/aromatic N) is 1. The van der Waals surface area contributed by atoms with Crippen molar-refractivity contribution < 1.29 is 14.3 Å². The molecule has 2 N–H and O–H groups in total. The molecule has 0 radical (unpaired) electrons. The van der Waals surface area contributed by atoms with Gasteiger partial charge in [0.25, 0.3) is 5.91 Å². The molecule has 0 spiro atoms. The summed E-state index contributed by atoms with van der Waals surface area (Å²) in [4.78, 5) is 15.1. The Bertz CT molecular complexity index is 760. The van der Waals surface area contributed by atoms with E-state index in [1.807, 2.05) is 41.3 Å². The Balaban J connectivity index is 2.37. The van der Waals surface area contributed by atoms with Crippen LogP contribution in [0.2, 0.25) is 0 Å². The molecule has 27 heavy (non-hydrogen) atoms. The Kier molecular flexibility index (Phi) is 7.89. The third kappa shape index (κ3) is 5.34. The smallest absolute Gasteiger partial charge is 0.254 e. The lowest BCUT2D eigenvalue weighted by Crippen LogP contribution is -2.32. The van der Waals surface area contributed by atoms with Crippen molar-refractivity contribution in [1.82, 2.24) is 4.90 Å². The number of nitrogens with two attached hydrogens (primary N) is 1. The van der Waals surface area contributed by atoms with Crippen molar-refractivity contribution in [2.24, 2.45) is 5.73 Å². The van der Waals surface area contributed by atoms with Gasteiger partial charge in [-0.3, -0.25) is 4.79 Å². The zero-order chi connectivity index (χ0) is 19.6. The van der Waals surface area contributed by atoms with Crippen LogP contribution in [-0.2, 0) is 13.0 Å². The van der Waals surface area contributed by atoms with Gasteiger partial charge in [-0.1, -0.05) is 36.4 Å². The number of rotatable bonds is 10. The second-order valence-electron chi connectivity index (χ2n) is 6.22. The highest BCUT2D eigenvalue weighted by atomic mass is 16.5. The van der Waals surface area contributed by atoms with E-state index in [-0.39, 0.29) is 5.91 Å². The summed E-state index contributed by atoms with van der Waals surface area (Å²) in [7, 11) is 3.16. The van der Waals surface area contributed by atoms with Gasteiger partial charge in [0.1, 0.15) is 0 Å². The number of carbonyl (C=O) groups is 1. The molecule has 0 bridgehead atoms. The lowest BCUT2D eigenvalue weighted by Gasteiger charge is -2.24. The van der Waals surface area contributed by atoms with E-state index in [4.69, 9.17) is 15.2 Å². The van der Waals surface area contributed by atoms with Gasteiger partial charge in [0.2, 0.25) is 0 Å². The summed E-state index contributed by atoms with van der Waals surface area (Å²) in [6, 6.07) is 13.5. The van der Waals surface area contributed by atoms with Crippen molar-refractivity contribution in [1.29, 1.82) is 0 Å². The monoisotopic (exact) mass is 368 g/mol. The zero-order valence-electron chi connectivity index (χ0n) is 16.1. The Morgan fingerprint density at radius 1 is 1.19 bits per heavy atom. The number of ether oxygens (including phenoxy) is 2. The largest absolute Gasteiger partial charge is 0.493 e. The van der Waals surface area contributed by atoms with Crippen molar-refractivity contribution >= 4 is 5.91 Å². The molecule has 2 aromatic carbocycles. The summed E-state index contributed by atoms with van der Waals surface area (Å²) in [5.41, 5.74) is 8.19. The first-order valence-electron chi connectivity index (χ1n) is 9.03. The number of hydrogen-bond donors (Lipinski definition) is 1. The van der Waals surface area contributed by atoms with Crippen molar-refractivity contribution in [3.63, 3.8) is 0 Å². The minimum Gasteiger partial charge on any atom is -0.493 e.